The van der Waals surface area contributed by atoms with Crippen LogP contribution in [0.2, 0.25) is 0 Å². The highest BCUT2D eigenvalue weighted by molar-refractivity contribution is 7.89. The molecular weight excluding hydrogens is 458 g/mol. The summed E-state index contributed by atoms with van der Waals surface area (Å²) in [5.74, 6) is -0.130. The Kier molecular flexibility index (Phi) is 8.63. The van der Waals surface area contributed by atoms with Crippen LogP contribution in [0.3, 0.4) is 0 Å². The minimum absolute atomic E-state index is 0.0167. The van der Waals surface area contributed by atoms with Crippen LogP contribution < -0.4 is 5.32 Å². The molecule has 1 fully saturated rings. The smallest absolute Gasteiger partial charge is 0.243 e. The number of nitrogens with one attached hydrogen (secondary N) is 1. The molecule has 35 heavy (non-hydrogen) atoms. The molecule has 2 aromatic carbocycles. The average Bonchev–Trinajstić information content (AvgIpc) is 2.90. The summed E-state index contributed by atoms with van der Waals surface area (Å²) in [4.78, 5) is 15.5. The second kappa shape index (κ2) is 11.7. The molecule has 1 heterocycles. The van der Waals surface area contributed by atoms with Crippen LogP contribution in [-0.4, -0.2) is 49.7 Å². The first kappa shape index (κ1) is 25.9. The van der Waals surface area contributed by atoms with E-state index in [4.69, 9.17) is 0 Å². The minimum Gasteiger partial charge on any atom is -0.352 e. The Morgan fingerprint density at radius 1 is 0.943 bits per heavy atom. The number of sulfonamides is 1. The Labute approximate surface area is 210 Å². The van der Waals surface area contributed by atoms with Crippen molar-refractivity contribution in [3.05, 3.63) is 64.7 Å². The Balaban J connectivity index is 1.27. The predicted molar refractivity (Wildman–Crippen MR) is 139 cm³/mol. The molecule has 0 radical (unpaired) electrons. The molecule has 4 rings (SSSR count). The van der Waals surface area contributed by atoms with Crippen LogP contribution in [-0.2, 0) is 40.7 Å². The van der Waals surface area contributed by atoms with Crippen molar-refractivity contribution in [3.63, 3.8) is 0 Å². The summed E-state index contributed by atoms with van der Waals surface area (Å²) in [6, 6.07) is 14.0. The van der Waals surface area contributed by atoms with E-state index in [1.807, 2.05) is 12.1 Å². The quantitative estimate of drug-likeness (QED) is 0.566. The van der Waals surface area contributed by atoms with Crippen LogP contribution in [0.25, 0.3) is 0 Å². The number of piperidine rings is 1. The van der Waals surface area contributed by atoms with Crippen LogP contribution in [0, 0.1) is 5.92 Å². The van der Waals surface area contributed by atoms with Gasteiger partial charge in [0, 0.05) is 32.1 Å². The maximum atomic E-state index is 13.2. The molecule has 6 nitrogen and oxygen atoms in total. The maximum absolute atomic E-state index is 13.2. The number of carbonyl (C=O) groups is 1. The summed E-state index contributed by atoms with van der Waals surface area (Å²) in [6.07, 6.45) is 5.40. The molecule has 7 heteroatoms. The lowest BCUT2D eigenvalue weighted by Crippen LogP contribution is -2.42. The molecule has 2 aromatic rings. The number of nitrogens with zero attached hydrogens (tertiary/aromatic N) is 2. The molecule has 0 unspecified atom stereocenters. The van der Waals surface area contributed by atoms with Crippen molar-refractivity contribution in [2.24, 2.45) is 5.92 Å². The molecule has 0 bridgehead atoms. The lowest BCUT2D eigenvalue weighted by atomic mass is 9.92. The van der Waals surface area contributed by atoms with Gasteiger partial charge in [0.25, 0.3) is 0 Å². The Bertz CT molecular complexity index is 1100. The van der Waals surface area contributed by atoms with Gasteiger partial charge in [-0.25, -0.2) is 8.42 Å². The normalized spacial score (nSPS) is 17.3. The molecule has 190 valence electrons. The zero-order valence-electron chi connectivity index (χ0n) is 21.1. The van der Waals surface area contributed by atoms with Crippen molar-refractivity contribution in [2.75, 3.05) is 26.2 Å². The fourth-order valence-electron chi connectivity index (χ4n) is 5.18. The van der Waals surface area contributed by atoms with Crippen LogP contribution in [0.15, 0.2) is 47.4 Å². The molecule has 1 aliphatic heterocycles. The van der Waals surface area contributed by atoms with Gasteiger partial charge in [0.2, 0.25) is 15.9 Å². The summed E-state index contributed by atoms with van der Waals surface area (Å²) >= 11 is 0. The van der Waals surface area contributed by atoms with Gasteiger partial charge in [0.1, 0.15) is 0 Å². The predicted octanol–water partition coefficient (Wildman–Crippen LogP) is 4.12. The molecule has 0 atom stereocenters. The van der Waals surface area contributed by atoms with Crippen molar-refractivity contribution in [1.29, 1.82) is 0 Å². The Hall–Kier alpha value is -2.22. The second-order valence-electron chi connectivity index (χ2n) is 9.81. The van der Waals surface area contributed by atoms with E-state index in [1.165, 1.54) is 23.1 Å². The number of hydrogen-bond acceptors (Lipinski definition) is 4. The highest BCUT2D eigenvalue weighted by Crippen LogP contribution is 2.28. The van der Waals surface area contributed by atoms with E-state index in [2.05, 4.69) is 48.3 Å². The van der Waals surface area contributed by atoms with Crippen molar-refractivity contribution < 1.29 is 13.2 Å². The summed E-state index contributed by atoms with van der Waals surface area (Å²) < 4.78 is 28.0. The largest absolute Gasteiger partial charge is 0.352 e. The van der Waals surface area contributed by atoms with Crippen molar-refractivity contribution in [3.8, 4) is 0 Å². The molecule has 1 saturated heterocycles. The molecule has 2 aliphatic rings. The number of amides is 1. The fourth-order valence-corrected chi connectivity index (χ4v) is 6.70. The fraction of sp³-hybridized carbons (Fsp3) is 0.536. The minimum atomic E-state index is -3.52. The van der Waals surface area contributed by atoms with Crippen LogP contribution in [0.5, 0.6) is 0 Å². The van der Waals surface area contributed by atoms with Gasteiger partial charge in [0.15, 0.2) is 0 Å². The number of rotatable bonds is 9. The van der Waals surface area contributed by atoms with Crippen molar-refractivity contribution in [2.45, 2.75) is 70.4 Å². The number of benzene rings is 2. The van der Waals surface area contributed by atoms with Gasteiger partial charge in [-0.2, -0.15) is 4.31 Å². The summed E-state index contributed by atoms with van der Waals surface area (Å²) in [5.41, 5.74) is 4.81. The van der Waals surface area contributed by atoms with Crippen LogP contribution >= 0.6 is 0 Å². The van der Waals surface area contributed by atoms with Gasteiger partial charge >= 0.3 is 0 Å². The number of carbonyl (C=O) groups excluding carboxylic acids is 1. The van der Waals surface area contributed by atoms with E-state index in [-0.39, 0.29) is 11.8 Å². The van der Waals surface area contributed by atoms with Crippen LogP contribution in [0.4, 0.5) is 0 Å². The summed E-state index contributed by atoms with van der Waals surface area (Å²) in [6.45, 7) is 8.60. The van der Waals surface area contributed by atoms with Crippen LogP contribution in [0.1, 0.15) is 61.8 Å². The van der Waals surface area contributed by atoms with Gasteiger partial charge in [-0.15, -0.1) is 0 Å². The lowest BCUT2D eigenvalue weighted by molar-refractivity contribution is -0.126. The van der Waals surface area contributed by atoms with Gasteiger partial charge in [0.05, 0.1) is 4.90 Å². The Morgan fingerprint density at radius 3 is 2.23 bits per heavy atom. The highest BCUT2D eigenvalue weighted by Gasteiger charge is 2.32. The SMILES string of the molecule is CCN(CC)Cc1ccc(CNC(=O)C2CCN(S(=O)(=O)c3ccc4c(c3)CCCC4)CC2)cc1. The van der Waals surface area contributed by atoms with Gasteiger partial charge < -0.3 is 5.32 Å². The highest BCUT2D eigenvalue weighted by atomic mass is 32.2. The van der Waals surface area contributed by atoms with E-state index in [9.17, 15) is 13.2 Å². The number of fused-ring (bicyclic) bond motifs is 1. The van der Waals surface area contributed by atoms with Crippen molar-refractivity contribution >= 4 is 15.9 Å². The van der Waals surface area contributed by atoms with Crippen molar-refractivity contribution in [1.82, 2.24) is 14.5 Å². The van der Waals surface area contributed by atoms with Gasteiger partial charge in [-0.3, -0.25) is 9.69 Å². The third kappa shape index (κ3) is 6.32. The van der Waals surface area contributed by atoms with Gasteiger partial charge in [-0.05, 0) is 86.0 Å². The molecule has 0 aromatic heterocycles. The third-order valence-electron chi connectivity index (χ3n) is 7.57. The molecule has 1 aliphatic carbocycles. The lowest BCUT2D eigenvalue weighted by Gasteiger charge is -2.31. The number of hydrogen-bond donors (Lipinski definition) is 1. The van der Waals surface area contributed by atoms with E-state index in [1.54, 1.807) is 10.4 Å². The van der Waals surface area contributed by atoms with Gasteiger partial charge in [-0.1, -0.05) is 44.2 Å². The number of aryl methyl sites for hydroxylation is 2. The Morgan fingerprint density at radius 2 is 1.57 bits per heavy atom. The molecule has 1 amide bonds. The first-order valence-electron chi connectivity index (χ1n) is 13.1. The third-order valence-corrected chi connectivity index (χ3v) is 9.47. The standard InChI is InChI=1S/C28H39N3O3S/c1-3-30(4-2)21-23-11-9-22(10-12-23)20-29-28(32)25-15-17-31(18-16-25)35(33,34)27-14-13-24-7-5-6-8-26(24)19-27/h9-14,19,25H,3-8,15-18,20-21H2,1-2H3,(H,29,32). The van der Waals surface area contributed by atoms with E-state index < -0.39 is 10.0 Å². The van der Waals surface area contributed by atoms with E-state index in [0.717, 1.165) is 44.5 Å². The molecule has 0 spiro atoms. The first-order chi connectivity index (χ1) is 16.9. The zero-order chi connectivity index (χ0) is 24.8. The maximum Gasteiger partial charge on any atom is 0.243 e. The molecule has 0 saturated carbocycles. The zero-order valence-corrected chi connectivity index (χ0v) is 21.9. The molecular formula is C28H39N3O3S. The topological polar surface area (TPSA) is 69.7 Å². The average molecular weight is 498 g/mol. The van der Waals surface area contributed by atoms with E-state index in [0.29, 0.717) is 37.4 Å². The summed E-state index contributed by atoms with van der Waals surface area (Å²) in [7, 11) is -3.52. The van der Waals surface area contributed by atoms with E-state index >= 15 is 0 Å². The second-order valence-corrected chi connectivity index (χ2v) is 11.7. The summed E-state index contributed by atoms with van der Waals surface area (Å²) in [5, 5.41) is 3.05. The monoisotopic (exact) mass is 497 g/mol. The molecule has 1 N–H and O–H groups in total. The first-order valence-corrected chi connectivity index (χ1v) is 14.5.